The Morgan fingerprint density at radius 1 is 1.53 bits per heavy atom. The van der Waals surface area contributed by atoms with Crippen molar-refractivity contribution in [3.05, 3.63) is 45.3 Å². The van der Waals surface area contributed by atoms with Crippen molar-refractivity contribution in [2.45, 2.75) is 6.92 Å². The number of rotatable bonds is 1. The second-order valence-corrected chi connectivity index (χ2v) is 3.43. The fourth-order valence-corrected chi connectivity index (χ4v) is 1.49. The third-order valence-corrected chi connectivity index (χ3v) is 2.17. The van der Waals surface area contributed by atoms with Gasteiger partial charge < -0.3 is 0 Å². The largest absolute Gasteiger partial charge is 0.348 e. The SMILES string of the molecule is Cc1nn(-c2ccc(F)cc2Cl)c(=O)[nH]1. The molecule has 0 radical (unpaired) electrons. The summed E-state index contributed by atoms with van der Waals surface area (Å²) in [6.07, 6.45) is 0. The van der Waals surface area contributed by atoms with E-state index >= 15 is 0 Å². The molecular formula is C9H7ClFN3O. The summed E-state index contributed by atoms with van der Waals surface area (Å²) < 4.78 is 13.9. The van der Waals surface area contributed by atoms with Crippen LogP contribution in [0.15, 0.2) is 23.0 Å². The van der Waals surface area contributed by atoms with Gasteiger partial charge in [0.15, 0.2) is 0 Å². The number of aromatic amines is 1. The average Bonchev–Trinajstić information content (AvgIpc) is 2.45. The maximum atomic E-state index is 12.8. The van der Waals surface area contributed by atoms with Crippen LogP contribution in [-0.4, -0.2) is 14.8 Å². The molecule has 0 atom stereocenters. The lowest BCUT2D eigenvalue weighted by Crippen LogP contribution is -2.16. The van der Waals surface area contributed by atoms with Crippen molar-refractivity contribution in [1.29, 1.82) is 0 Å². The highest BCUT2D eigenvalue weighted by Gasteiger charge is 2.08. The quantitative estimate of drug-likeness (QED) is 0.806. The Morgan fingerprint density at radius 2 is 2.27 bits per heavy atom. The van der Waals surface area contributed by atoms with E-state index in [1.54, 1.807) is 6.92 Å². The van der Waals surface area contributed by atoms with Gasteiger partial charge in [-0.2, -0.15) is 9.78 Å². The van der Waals surface area contributed by atoms with E-state index in [0.717, 1.165) is 10.7 Å². The molecule has 0 saturated heterocycles. The lowest BCUT2D eigenvalue weighted by atomic mass is 10.3. The van der Waals surface area contributed by atoms with Crippen LogP contribution in [0, 0.1) is 12.7 Å². The first-order chi connectivity index (χ1) is 7.08. The molecule has 0 unspecified atom stereocenters. The highest BCUT2D eigenvalue weighted by molar-refractivity contribution is 6.32. The van der Waals surface area contributed by atoms with Gasteiger partial charge in [-0.15, -0.1) is 0 Å². The standard InChI is InChI=1S/C9H7ClFN3O/c1-5-12-9(15)14(13-5)8-3-2-6(11)4-7(8)10/h2-4H,1H3,(H,12,13,15). The van der Waals surface area contributed by atoms with Crippen LogP contribution in [0.4, 0.5) is 4.39 Å². The van der Waals surface area contributed by atoms with Gasteiger partial charge in [0.05, 0.1) is 10.7 Å². The maximum Gasteiger partial charge on any atom is 0.348 e. The summed E-state index contributed by atoms with van der Waals surface area (Å²) in [6.45, 7) is 1.65. The number of hydrogen-bond donors (Lipinski definition) is 1. The second-order valence-electron chi connectivity index (χ2n) is 3.02. The van der Waals surface area contributed by atoms with Crippen molar-refractivity contribution in [1.82, 2.24) is 14.8 Å². The number of halogens is 2. The minimum absolute atomic E-state index is 0.142. The first-order valence-electron chi connectivity index (χ1n) is 4.19. The molecule has 78 valence electrons. The molecule has 6 heteroatoms. The first kappa shape index (κ1) is 9.92. The van der Waals surface area contributed by atoms with E-state index in [1.165, 1.54) is 12.1 Å². The minimum atomic E-state index is -0.455. The molecule has 0 spiro atoms. The van der Waals surface area contributed by atoms with E-state index in [-0.39, 0.29) is 5.02 Å². The molecule has 0 aliphatic rings. The highest BCUT2D eigenvalue weighted by atomic mass is 35.5. The summed E-state index contributed by atoms with van der Waals surface area (Å²) in [5, 5.41) is 4.05. The molecule has 4 nitrogen and oxygen atoms in total. The van der Waals surface area contributed by atoms with E-state index in [1.807, 2.05) is 0 Å². The number of benzene rings is 1. The van der Waals surface area contributed by atoms with Gasteiger partial charge in [-0.25, -0.2) is 9.18 Å². The summed E-state index contributed by atoms with van der Waals surface area (Å²) in [6, 6.07) is 3.75. The predicted octanol–water partition coefficient (Wildman–Crippen LogP) is 1.66. The summed E-state index contributed by atoms with van der Waals surface area (Å²) in [5.74, 6) is 0.0180. The van der Waals surface area contributed by atoms with Crippen LogP contribution in [-0.2, 0) is 0 Å². The van der Waals surface area contributed by atoms with Crippen LogP contribution in [0.1, 0.15) is 5.82 Å². The topological polar surface area (TPSA) is 50.7 Å². The Bertz CT molecular complexity index is 561. The fourth-order valence-electron chi connectivity index (χ4n) is 1.24. The minimum Gasteiger partial charge on any atom is -0.293 e. The van der Waals surface area contributed by atoms with Crippen molar-refractivity contribution in [2.75, 3.05) is 0 Å². The molecule has 1 N–H and O–H groups in total. The van der Waals surface area contributed by atoms with Crippen LogP contribution in [0.3, 0.4) is 0 Å². The fraction of sp³-hybridized carbons (Fsp3) is 0.111. The summed E-state index contributed by atoms with van der Waals surface area (Å²) >= 11 is 5.79. The Kier molecular flexibility index (Phi) is 2.32. The van der Waals surface area contributed by atoms with E-state index < -0.39 is 11.5 Å². The smallest absolute Gasteiger partial charge is 0.293 e. The molecule has 0 saturated carbocycles. The molecular weight excluding hydrogens is 221 g/mol. The number of H-pyrrole nitrogens is 1. The zero-order chi connectivity index (χ0) is 11.0. The highest BCUT2D eigenvalue weighted by Crippen LogP contribution is 2.19. The van der Waals surface area contributed by atoms with Gasteiger partial charge in [-0.1, -0.05) is 11.6 Å². The van der Waals surface area contributed by atoms with Gasteiger partial charge in [0.1, 0.15) is 11.6 Å². The molecule has 1 aromatic carbocycles. The molecule has 15 heavy (non-hydrogen) atoms. The van der Waals surface area contributed by atoms with Crippen LogP contribution in [0.25, 0.3) is 5.69 Å². The normalized spacial score (nSPS) is 10.6. The van der Waals surface area contributed by atoms with Gasteiger partial charge in [0, 0.05) is 0 Å². The number of aromatic nitrogens is 3. The van der Waals surface area contributed by atoms with Crippen molar-refractivity contribution in [3.63, 3.8) is 0 Å². The van der Waals surface area contributed by atoms with Gasteiger partial charge >= 0.3 is 5.69 Å². The van der Waals surface area contributed by atoms with Gasteiger partial charge in [0.25, 0.3) is 0 Å². The zero-order valence-electron chi connectivity index (χ0n) is 7.79. The summed E-state index contributed by atoms with van der Waals surface area (Å²) in [7, 11) is 0. The first-order valence-corrected chi connectivity index (χ1v) is 4.57. The number of nitrogens with one attached hydrogen (secondary N) is 1. The van der Waals surface area contributed by atoms with Crippen LogP contribution in [0.5, 0.6) is 0 Å². The molecule has 1 heterocycles. The Hall–Kier alpha value is -1.62. The predicted molar refractivity (Wildman–Crippen MR) is 53.9 cm³/mol. The monoisotopic (exact) mass is 227 g/mol. The van der Waals surface area contributed by atoms with Crippen LogP contribution < -0.4 is 5.69 Å². The van der Waals surface area contributed by atoms with Crippen LogP contribution in [0.2, 0.25) is 5.02 Å². The molecule has 0 fully saturated rings. The zero-order valence-corrected chi connectivity index (χ0v) is 8.55. The van der Waals surface area contributed by atoms with Crippen LogP contribution >= 0.6 is 11.6 Å². The van der Waals surface area contributed by atoms with Gasteiger partial charge in [-0.05, 0) is 25.1 Å². The number of aryl methyl sites for hydroxylation is 1. The second kappa shape index (κ2) is 3.51. The Labute approximate surface area is 89.3 Å². The van der Waals surface area contributed by atoms with Crippen molar-refractivity contribution in [2.24, 2.45) is 0 Å². The molecule has 2 rings (SSSR count). The van der Waals surface area contributed by atoms with Gasteiger partial charge in [0.2, 0.25) is 0 Å². The average molecular weight is 228 g/mol. The van der Waals surface area contributed by atoms with Crippen molar-refractivity contribution in [3.8, 4) is 5.69 Å². The van der Waals surface area contributed by atoms with E-state index in [4.69, 9.17) is 11.6 Å². The van der Waals surface area contributed by atoms with E-state index in [9.17, 15) is 9.18 Å². The third-order valence-electron chi connectivity index (χ3n) is 1.87. The lowest BCUT2D eigenvalue weighted by Gasteiger charge is -2.01. The molecule has 0 aliphatic heterocycles. The molecule has 0 amide bonds. The summed E-state index contributed by atoms with van der Waals surface area (Å²) in [4.78, 5) is 13.9. The third kappa shape index (κ3) is 1.78. The summed E-state index contributed by atoms with van der Waals surface area (Å²) in [5.41, 5.74) is -0.0478. The molecule has 0 bridgehead atoms. The lowest BCUT2D eigenvalue weighted by molar-refractivity contribution is 0.627. The number of hydrogen-bond acceptors (Lipinski definition) is 2. The molecule has 2 aromatic rings. The van der Waals surface area contributed by atoms with Crippen molar-refractivity contribution < 1.29 is 4.39 Å². The molecule has 1 aromatic heterocycles. The Balaban J connectivity index is 2.64. The molecule has 0 aliphatic carbocycles. The number of nitrogens with zero attached hydrogens (tertiary/aromatic N) is 2. The Morgan fingerprint density at radius 3 is 2.80 bits per heavy atom. The van der Waals surface area contributed by atoms with Gasteiger partial charge in [-0.3, -0.25) is 4.98 Å². The van der Waals surface area contributed by atoms with Crippen molar-refractivity contribution >= 4 is 11.6 Å². The maximum absolute atomic E-state index is 12.8. The van der Waals surface area contributed by atoms with E-state index in [0.29, 0.717) is 11.5 Å². The van der Waals surface area contributed by atoms with E-state index in [2.05, 4.69) is 10.1 Å².